The molecule has 0 spiro atoms. The van der Waals surface area contributed by atoms with Gasteiger partial charge in [-0.05, 0) is 93.5 Å². The molecule has 1 aliphatic heterocycles. The maximum Gasteiger partial charge on any atom is 0.190 e. The van der Waals surface area contributed by atoms with Crippen molar-refractivity contribution in [2.75, 3.05) is 13.2 Å². The molecule has 5 nitrogen and oxygen atoms in total. The van der Waals surface area contributed by atoms with Crippen molar-refractivity contribution < 1.29 is 24.2 Å². The zero-order valence-corrected chi connectivity index (χ0v) is 19.2. The van der Waals surface area contributed by atoms with Gasteiger partial charge in [-0.1, -0.05) is 19.4 Å². The topological polar surface area (TPSA) is 72.8 Å². The van der Waals surface area contributed by atoms with E-state index in [1.165, 1.54) is 5.57 Å². The molecule has 31 heavy (non-hydrogen) atoms. The highest BCUT2D eigenvalue weighted by atomic mass is 16.7. The van der Waals surface area contributed by atoms with Gasteiger partial charge in [-0.2, -0.15) is 0 Å². The number of carbonyl (C=O) groups excluding carboxylic acids is 2. The first-order valence-electron chi connectivity index (χ1n) is 12.5. The van der Waals surface area contributed by atoms with Gasteiger partial charge < -0.3 is 14.6 Å². The van der Waals surface area contributed by atoms with Crippen LogP contribution >= 0.6 is 0 Å². The largest absolute Gasteiger partial charge is 0.381 e. The van der Waals surface area contributed by atoms with E-state index in [4.69, 9.17) is 9.47 Å². The van der Waals surface area contributed by atoms with Crippen LogP contribution in [-0.4, -0.2) is 41.8 Å². The van der Waals surface area contributed by atoms with Gasteiger partial charge in [0.15, 0.2) is 17.9 Å². The van der Waals surface area contributed by atoms with Gasteiger partial charge in [0.05, 0.1) is 0 Å². The number of rotatable bonds is 4. The molecule has 1 unspecified atom stereocenters. The highest BCUT2D eigenvalue weighted by Gasteiger charge is 2.66. The van der Waals surface area contributed by atoms with Crippen molar-refractivity contribution >= 4 is 11.6 Å². The smallest absolute Gasteiger partial charge is 0.190 e. The van der Waals surface area contributed by atoms with Crippen molar-refractivity contribution in [2.24, 2.45) is 28.6 Å². The van der Waals surface area contributed by atoms with E-state index < -0.39 is 5.60 Å². The van der Waals surface area contributed by atoms with Crippen molar-refractivity contribution in [1.29, 1.82) is 0 Å². The third kappa shape index (κ3) is 3.29. The fourth-order valence-electron chi connectivity index (χ4n) is 8.16. The number of hydrogen-bond acceptors (Lipinski definition) is 5. The van der Waals surface area contributed by atoms with Crippen LogP contribution in [0.15, 0.2) is 11.6 Å². The molecule has 5 heteroatoms. The van der Waals surface area contributed by atoms with E-state index in [2.05, 4.69) is 13.8 Å². The highest BCUT2D eigenvalue weighted by molar-refractivity contribution is 5.91. The molecule has 5 aliphatic rings. The monoisotopic (exact) mass is 430 g/mol. The van der Waals surface area contributed by atoms with Crippen LogP contribution in [0.25, 0.3) is 0 Å². The van der Waals surface area contributed by atoms with E-state index in [1.807, 2.05) is 6.08 Å². The average Bonchev–Trinajstić information content (AvgIpc) is 3.05. The van der Waals surface area contributed by atoms with Crippen LogP contribution in [0.2, 0.25) is 0 Å². The summed E-state index contributed by atoms with van der Waals surface area (Å²) < 4.78 is 11.4. The molecule has 4 fully saturated rings. The number of aliphatic hydroxyl groups is 1. The first-order chi connectivity index (χ1) is 14.8. The first-order valence-corrected chi connectivity index (χ1v) is 12.5. The summed E-state index contributed by atoms with van der Waals surface area (Å²) in [4.78, 5) is 25.3. The standard InChI is InChI=1S/C26H38O5/c1-24-11-8-18(27)15-17(24)6-7-19-20(24)9-12-25(2)21(19)10-13-26(25,29)22(28)16-31-23-5-3-4-14-30-23/h15,19-21,23,29H,3-14,16H2,1-2H3/t19-,20+,21+,23?,24+,25+,26+/m1/s1. The molecular formula is C26H38O5. The Balaban J connectivity index is 1.33. The molecule has 5 rings (SSSR count). The Morgan fingerprint density at radius 3 is 2.68 bits per heavy atom. The number of ether oxygens (including phenoxy) is 2. The van der Waals surface area contributed by atoms with Crippen molar-refractivity contribution in [2.45, 2.75) is 96.4 Å². The third-order valence-corrected chi connectivity index (χ3v) is 10.1. The van der Waals surface area contributed by atoms with E-state index in [0.717, 1.165) is 57.8 Å². The van der Waals surface area contributed by atoms with E-state index in [9.17, 15) is 14.7 Å². The average molecular weight is 431 g/mol. The van der Waals surface area contributed by atoms with Crippen LogP contribution in [-0.2, 0) is 19.1 Å². The molecule has 1 saturated heterocycles. The fourth-order valence-corrected chi connectivity index (χ4v) is 8.16. The quantitative estimate of drug-likeness (QED) is 0.717. The van der Waals surface area contributed by atoms with E-state index in [1.54, 1.807) is 0 Å². The van der Waals surface area contributed by atoms with E-state index in [0.29, 0.717) is 37.2 Å². The molecule has 0 amide bonds. The Hall–Kier alpha value is -1.04. The predicted molar refractivity (Wildman–Crippen MR) is 116 cm³/mol. The van der Waals surface area contributed by atoms with Crippen LogP contribution in [0.3, 0.4) is 0 Å². The van der Waals surface area contributed by atoms with Crippen molar-refractivity contribution in [1.82, 2.24) is 0 Å². The maximum atomic E-state index is 13.3. The molecule has 1 heterocycles. The van der Waals surface area contributed by atoms with Gasteiger partial charge in [-0.15, -0.1) is 0 Å². The van der Waals surface area contributed by atoms with Gasteiger partial charge >= 0.3 is 0 Å². The Morgan fingerprint density at radius 2 is 1.90 bits per heavy atom. The lowest BCUT2D eigenvalue weighted by molar-refractivity contribution is -0.188. The highest BCUT2D eigenvalue weighted by Crippen LogP contribution is 2.67. The van der Waals surface area contributed by atoms with Gasteiger partial charge in [0, 0.05) is 18.4 Å². The first kappa shape index (κ1) is 21.8. The molecule has 0 aromatic heterocycles. The maximum absolute atomic E-state index is 13.3. The number of fused-ring (bicyclic) bond motifs is 5. The lowest BCUT2D eigenvalue weighted by Crippen LogP contribution is -2.58. The van der Waals surface area contributed by atoms with Gasteiger partial charge in [0.1, 0.15) is 12.2 Å². The Morgan fingerprint density at radius 1 is 1.10 bits per heavy atom. The molecule has 172 valence electrons. The Bertz CT molecular complexity index is 783. The van der Waals surface area contributed by atoms with Gasteiger partial charge in [-0.25, -0.2) is 0 Å². The molecule has 0 aromatic carbocycles. The summed E-state index contributed by atoms with van der Waals surface area (Å²) in [5.74, 6) is 1.58. The number of carbonyl (C=O) groups is 2. The fraction of sp³-hybridized carbons (Fsp3) is 0.846. The minimum atomic E-state index is -1.29. The lowest BCUT2D eigenvalue weighted by atomic mass is 9.46. The number of hydrogen-bond donors (Lipinski definition) is 1. The van der Waals surface area contributed by atoms with Crippen LogP contribution in [0.4, 0.5) is 0 Å². The third-order valence-electron chi connectivity index (χ3n) is 10.1. The van der Waals surface area contributed by atoms with Gasteiger partial charge in [0.25, 0.3) is 0 Å². The van der Waals surface area contributed by atoms with Gasteiger partial charge in [0.2, 0.25) is 0 Å². The molecule has 1 N–H and O–H groups in total. The molecule has 0 aromatic rings. The second-order valence-corrected chi connectivity index (χ2v) is 11.4. The minimum Gasteiger partial charge on any atom is -0.381 e. The number of ketones is 2. The summed E-state index contributed by atoms with van der Waals surface area (Å²) in [5.41, 5.74) is -0.204. The van der Waals surface area contributed by atoms with Crippen molar-refractivity contribution in [3.8, 4) is 0 Å². The molecule has 7 atom stereocenters. The Labute approximate surface area is 185 Å². The lowest BCUT2D eigenvalue weighted by Gasteiger charge is -2.58. The molecule has 0 bridgehead atoms. The number of allylic oxidation sites excluding steroid dienone is 1. The summed E-state index contributed by atoms with van der Waals surface area (Å²) in [6, 6.07) is 0. The molecule has 4 aliphatic carbocycles. The van der Waals surface area contributed by atoms with Crippen LogP contribution in [0.5, 0.6) is 0 Å². The van der Waals surface area contributed by atoms with Crippen LogP contribution < -0.4 is 0 Å². The van der Waals surface area contributed by atoms with Crippen molar-refractivity contribution in [3.63, 3.8) is 0 Å². The second-order valence-electron chi connectivity index (χ2n) is 11.4. The molecule has 3 saturated carbocycles. The van der Waals surface area contributed by atoms with E-state index in [-0.39, 0.29) is 35.3 Å². The van der Waals surface area contributed by atoms with E-state index >= 15 is 0 Å². The summed E-state index contributed by atoms with van der Waals surface area (Å²) in [7, 11) is 0. The normalized spacial score (nSPS) is 47.2. The van der Waals surface area contributed by atoms with Crippen molar-refractivity contribution in [3.05, 3.63) is 11.6 Å². The zero-order valence-electron chi connectivity index (χ0n) is 19.2. The summed E-state index contributed by atoms with van der Waals surface area (Å²) in [5, 5.41) is 11.7. The minimum absolute atomic E-state index is 0.0513. The summed E-state index contributed by atoms with van der Waals surface area (Å²) in [6.07, 6.45) is 11.6. The molecule has 0 radical (unpaired) electrons. The van der Waals surface area contributed by atoms with Crippen LogP contribution in [0, 0.1) is 28.6 Å². The van der Waals surface area contributed by atoms with Crippen LogP contribution in [0.1, 0.15) is 84.5 Å². The number of Topliss-reactive ketones (excluding diaryl/α,β-unsaturated/α-hetero) is 1. The predicted octanol–water partition coefficient (Wildman–Crippen LogP) is 4.36. The zero-order chi connectivity index (χ0) is 21.9. The summed E-state index contributed by atoms with van der Waals surface area (Å²) in [6.45, 7) is 5.17. The summed E-state index contributed by atoms with van der Waals surface area (Å²) >= 11 is 0. The van der Waals surface area contributed by atoms with Gasteiger partial charge in [-0.3, -0.25) is 9.59 Å². The molecular weight excluding hydrogens is 392 g/mol. The second kappa shape index (κ2) is 7.78. The Kier molecular flexibility index (Phi) is 5.46. The SMILES string of the molecule is C[C@]12CCC(=O)C=C1CC[C@@H]1[C@@H]2CC[C@@]2(C)[C@H]1CC[C@]2(O)C(=O)COC1CCCCO1.